The lowest BCUT2D eigenvalue weighted by molar-refractivity contribution is 0.250. The van der Waals surface area contributed by atoms with Gasteiger partial charge in [0.25, 0.3) is 0 Å². The van der Waals surface area contributed by atoms with Gasteiger partial charge in [0, 0.05) is 25.7 Å². The van der Waals surface area contributed by atoms with Crippen molar-refractivity contribution < 1.29 is 22.6 Å². The Hall–Kier alpha value is -2.29. The Labute approximate surface area is 172 Å². The SMILES string of the molecule is COc1cccc(S(=O)(=O)NCCCN2CCc3cc(OC)c(OC)cc3C2)c1. The van der Waals surface area contributed by atoms with Crippen molar-refractivity contribution in [1.29, 1.82) is 0 Å². The Bertz CT molecular complexity index is 946. The fourth-order valence-electron chi connectivity index (χ4n) is 3.49. The van der Waals surface area contributed by atoms with E-state index in [1.54, 1.807) is 32.4 Å². The first-order chi connectivity index (χ1) is 14.0. The Morgan fingerprint density at radius 3 is 2.41 bits per heavy atom. The van der Waals surface area contributed by atoms with Gasteiger partial charge in [-0.05, 0) is 54.8 Å². The second-order valence-electron chi connectivity index (χ2n) is 6.93. The molecule has 0 bridgehead atoms. The zero-order valence-electron chi connectivity index (χ0n) is 17.1. The van der Waals surface area contributed by atoms with Gasteiger partial charge < -0.3 is 14.2 Å². The molecule has 8 heteroatoms. The highest BCUT2D eigenvalue weighted by Gasteiger charge is 2.20. The maximum absolute atomic E-state index is 12.4. The largest absolute Gasteiger partial charge is 0.497 e. The molecule has 0 atom stereocenters. The van der Waals surface area contributed by atoms with Crippen LogP contribution in [0.15, 0.2) is 41.3 Å². The van der Waals surface area contributed by atoms with E-state index in [1.165, 1.54) is 24.3 Å². The number of rotatable bonds is 9. The predicted molar refractivity (Wildman–Crippen MR) is 111 cm³/mol. The van der Waals surface area contributed by atoms with Gasteiger partial charge in [-0.1, -0.05) is 6.07 Å². The van der Waals surface area contributed by atoms with Crippen LogP contribution in [0.25, 0.3) is 0 Å². The summed E-state index contributed by atoms with van der Waals surface area (Å²) in [6.07, 6.45) is 1.66. The summed E-state index contributed by atoms with van der Waals surface area (Å²) >= 11 is 0. The number of hydrogen-bond donors (Lipinski definition) is 1. The molecule has 0 unspecified atom stereocenters. The van der Waals surface area contributed by atoms with E-state index in [1.807, 2.05) is 12.1 Å². The molecule has 0 fully saturated rings. The van der Waals surface area contributed by atoms with Crippen molar-refractivity contribution in [1.82, 2.24) is 9.62 Å². The molecule has 0 radical (unpaired) electrons. The lowest BCUT2D eigenvalue weighted by Gasteiger charge is -2.29. The molecule has 2 aromatic rings. The zero-order valence-corrected chi connectivity index (χ0v) is 17.9. The van der Waals surface area contributed by atoms with E-state index in [9.17, 15) is 8.42 Å². The summed E-state index contributed by atoms with van der Waals surface area (Å²) in [5, 5.41) is 0. The quantitative estimate of drug-likeness (QED) is 0.628. The molecule has 7 nitrogen and oxygen atoms in total. The summed E-state index contributed by atoms with van der Waals surface area (Å²) in [5.41, 5.74) is 2.50. The summed E-state index contributed by atoms with van der Waals surface area (Å²) in [6.45, 7) is 2.95. The fourth-order valence-corrected chi connectivity index (χ4v) is 4.60. The summed E-state index contributed by atoms with van der Waals surface area (Å²) in [4.78, 5) is 2.54. The normalized spacial score (nSPS) is 14.3. The molecule has 29 heavy (non-hydrogen) atoms. The molecule has 0 spiro atoms. The van der Waals surface area contributed by atoms with Crippen LogP contribution in [0, 0.1) is 0 Å². The van der Waals surface area contributed by atoms with E-state index in [4.69, 9.17) is 14.2 Å². The average Bonchev–Trinajstić information content (AvgIpc) is 2.75. The monoisotopic (exact) mass is 420 g/mol. The van der Waals surface area contributed by atoms with Gasteiger partial charge >= 0.3 is 0 Å². The summed E-state index contributed by atoms with van der Waals surface area (Å²) in [7, 11) is 1.26. The highest BCUT2D eigenvalue weighted by molar-refractivity contribution is 7.89. The van der Waals surface area contributed by atoms with Gasteiger partial charge in [0.05, 0.1) is 26.2 Å². The van der Waals surface area contributed by atoms with E-state index >= 15 is 0 Å². The molecule has 0 amide bonds. The maximum Gasteiger partial charge on any atom is 0.240 e. The van der Waals surface area contributed by atoms with E-state index in [0.717, 1.165) is 44.0 Å². The molecule has 1 heterocycles. The Morgan fingerprint density at radius 2 is 1.72 bits per heavy atom. The number of nitrogens with zero attached hydrogens (tertiary/aromatic N) is 1. The first-order valence-electron chi connectivity index (χ1n) is 9.56. The first-order valence-corrected chi connectivity index (χ1v) is 11.0. The molecule has 0 saturated carbocycles. The molecule has 158 valence electrons. The van der Waals surface area contributed by atoms with Crippen LogP contribution >= 0.6 is 0 Å². The Morgan fingerprint density at radius 1 is 1.00 bits per heavy atom. The molecule has 1 aliphatic heterocycles. The van der Waals surface area contributed by atoms with Crippen LogP contribution in [0.3, 0.4) is 0 Å². The number of methoxy groups -OCH3 is 3. The Kier molecular flexibility index (Phi) is 7.00. The van der Waals surface area contributed by atoms with Crippen molar-refractivity contribution in [2.24, 2.45) is 0 Å². The minimum absolute atomic E-state index is 0.213. The van der Waals surface area contributed by atoms with Crippen molar-refractivity contribution >= 4 is 10.0 Å². The van der Waals surface area contributed by atoms with Gasteiger partial charge in [-0.3, -0.25) is 4.90 Å². The van der Waals surface area contributed by atoms with E-state index in [2.05, 4.69) is 9.62 Å². The number of fused-ring (bicyclic) bond motifs is 1. The van der Waals surface area contributed by atoms with E-state index < -0.39 is 10.0 Å². The number of benzene rings is 2. The van der Waals surface area contributed by atoms with Gasteiger partial charge in [-0.25, -0.2) is 13.1 Å². The van der Waals surface area contributed by atoms with Crippen LogP contribution in [0.2, 0.25) is 0 Å². The van der Waals surface area contributed by atoms with Gasteiger partial charge in [0.15, 0.2) is 11.5 Å². The number of hydrogen-bond acceptors (Lipinski definition) is 6. The minimum Gasteiger partial charge on any atom is -0.497 e. The molecular formula is C21H28N2O5S. The van der Waals surface area contributed by atoms with Crippen LogP contribution in [-0.4, -0.2) is 54.3 Å². The molecule has 1 aliphatic rings. The third kappa shape index (κ3) is 5.20. The molecule has 1 N–H and O–H groups in total. The number of ether oxygens (including phenoxy) is 3. The summed E-state index contributed by atoms with van der Waals surface area (Å²) < 4.78 is 43.4. The molecule has 0 saturated heterocycles. The highest BCUT2D eigenvalue weighted by atomic mass is 32.2. The van der Waals surface area contributed by atoms with E-state index in [-0.39, 0.29) is 4.90 Å². The summed E-state index contributed by atoms with van der Waals surface area (Å²) in [6, 6.07) is 10.6. The molecule has 3 rings (SSSR count). The standard InChI is InChI=1S/C21H28N2O5S/c1-26-18-6-4-7-19(14-18)29(24,25)22-9-5-10-23-11-8-16-12-20(27-2)21(28-3)13-17(16)15-23/h4,6-7,12-14,22H,5,8-11,15H2,1-3H3. The zero-order chi connectivity index (χ0) is 20.9. The molecular weight excluding hydrogens is 392 g/mol. The third-order valence-electron chi connectivity index (χ3n) is 5.09. The van der Waals surface area contributed by atoms with Crippen LogP contribution in [0.5, 0.6) is 17.2 Å². The third-order valence-corrected chi connectivity index (χ3v) is 6.55. The highest BCUT2D eigenvalue weighted by Crippen LogP contribution is 2.33. The topological polar surface area (TPSA) is 77.1 Å². The minimum atomic E-state index is -3.54. The van der Waals surface area contributed by atoms with Gasteiger partial charge in [0.1, 0.15) is 5.75 Å². The van der Waals surface area contributed by atoms with Crippen LogP contribution in [-0.2, 0) is 23.0 Å². The second-order valence-corrected chi connectivity index (χ2v) is 8.70. The molecule has 0 aromatic heterocycles. The maximum atomic E-state index is 12.4. The smallest absolute Gasteiger partial charge is 0.240 e. The van der Waals surface area contributed by atoms with Crippen molar-refractivity contribution in [3.63, 3.8) is 0 Å². The molecule has 2 aromatic carbocycles. The lowest BCUT2D eigenvalue weighted by atomic mass is 9.98. The van der Waals surface area contributed by atoms with Gasteiger partial charge in [0.2, 0.25) is 10.0 Å². The van der Waals surface area contributed by atoms with E-state index in [0.29, 0.717) is 12.3 Å². The fraction of sp³-hybridized carbons (Fsp3) is 0.429. The van der Waals surface area contributed by atoms with Crippen molar-refractivity contribution in [2.75, 3.05) is 41.0 Å². The predicted octanol–water partition coefficient (Wildman–Crippen LogP) is 2.44. The van der Waals surface area contributed by atoms with Gasteiger partial charge in [-0.15, -0.1) is 0 Å². The van der Waals surface area contributed by atoms with Crippen LogP contribution in [0.1, 0.15) is 17.5 Å². The van der Waals surface area contributed by atoms with Crippen LogP contribution < -0.4 is 18.9 Å². The number of nitrogens with one attached hydrogen (secondary N) is 1. The second kappa shape index (κ2) is 9.47. The summed E-state index contributed by atoms with van der Waals surface area (Å²) in [5.74, 6) is 2.01. The average molecular weight is 421 g/mol. The van der Waals surface area contributed by atoms with Crippen molar-refractivity contribution in [3.8, 4) is 17.2 Å². The van der Waals surface area contributed by atoms with Crippen molar-refractivity contribution in [2.45, 2.75) is 24.3 Å². The van der Waals surface area contributed by atoms with Crippen LogP contribution in [0.4, 0.5) is 0 Å². The number of sulfonamides is 1. The molecule has 0 aliphatic carbocycles. The van der Waals surface area contributed by atoms with Crippen molar-refractivity contribution in [3.05, 3.63) is 47.5 Å². The lowest BCUT2D eigenvalue weighted by Crippen LogP contribution is -2.33. The van der Waals surface area contributed by atoms with Gasteiger partial charge in [-0.2, -0.15) is 0 Å². The Balaban J connectivity index is 1.53. The first kappa shape index (κ1) is 21.4.